The maximum Gasteiger partial charge on any atom is 0.207 e. The molecule has 19 heavy (non-hydrogen) atoms. The summed E-state index contributed by atoms with van der Waals surface area (Å²) in [5.74, 6) is -0.0697. The van der Waals surface area contributed by atoms with Crippen molar-refractivity contribution in [3.05, 3.63) is 50.3 Å². The molecule has 2 N–H and O–H groups in total. The Morgan fingerprint density at radius 1 is 1.26 bits per heavy atom. The van der Waals surface area contributed by atoms with E-state index in [-0.39, 0.29) is 11.7 Å². The normalized spacial score (nSPS) is 15.8. The van der Waals surface area contributed by atoms with Gasteiger partial charge in [-0.2, -0.15) is 0 Å². The molecule has 0 saturated heterocycles. The van der Waals surface area contributed by atoms with Crippen LogP contribution in [0.15, 0.2) is 30.3 Å². The highest BCUT2D eigenvalue weighted by atomic mass is 32.1. The van der Waals surface area contributed by atoms with E-state index in [9.17, 15) is 9.90 Å². The highest BCUT2D eigenvalue weighted by Crippen LogP contribution is 2.31. The summed E-state index contributed by atoms with van der Waals surface area (Å²) in [5.41, 5.74) is 2.43. The number of aromatic nitrogens is 1. The van der Waals surface area contributed by atoms with Gasteiger partial charge in [-0.25, -0.2) is 0 Å². The molecule has 0 atom stereocenters. The molecule has 0 unspecified atom stereocenters. The molecule has 94 valence electrons. The number of nitrogens with one attached hydrogen (secondary N) is 1. The van der Waals surface area contributed by atoms with Crippen LogP contribution in [0.3, 0.4) is 0 Å². The van der Waals surface area contributed by atoms with Crippen LogP contribution in [0, 0.1) is 3.95 Å². The van der Waals surface area contributed by atoms with E-state index in [0.29, 0.717) is 14.4 Å². The summed E-state index contributed by atoms with van der Waals surface area (Å²) in [6, 6.07) is 7.66. The first kappa shape index (κ1) is 12.1. The molecule has 0 bridgehead atoms. The smallest absolute Gasteiger partial charge is 0.207 e. The molecule has 3 rings (SSSR count). The van der Waals surface area contributed by atoms with Gasteiger partial charge in [-0.05, 0) is 35.5 Å². The number of aromatic hydroxyl groups is 1. The van der Waals surface area contributed by atoms with Gasteiger partial charge in [-0.15, -0.1) is 11.3 Å². The zero-order valence-electron chi connectivity index (χ0n) is 9.71. The number of hydrogen-bond acceptors (Lipinski definition) is 4. The summed E-state index contributed by atoms with van der Waals surface area (Å²) in [7, 11) is 0. The summed E-state index contributed by atoms with van der Waals surface area (Å²) >= 11 is 6.21. The number of carbonyl (C=O) groups is 1. The van der Waals surface area contributed by atoms with Gasteiger partial charge in [0.05, 0.1) is 4.88 Å². The summed E-state index contributed by atoms with van der Waals surface area (Å²) in [6.07, 6.45) is 5.02. The fraction of sp³-hybridized carbons (Fsp3) is 0. The van der Waals surface area contributed by atoms with Crippen molar-refractivity contribution < 1.29 is 9.90 Å². The van der Waals surface area contributed by atoms with Gasteiger partial charge in [0, 0.05) is 5.57 Å². The van der Waals surface area contributed by atoms with Crippen LogP contribution in [-0.2, 0) is 4.79 Å². The Kier molecular flexibility index (Phi) is 2.93. The van der Waals surface area contributed by atoms with Gasteiger partial charge in [0.2, 0.25) is 5.88 Å². The molecule has 0 fully saturated rings. The number of allylic oxidation sites excluding steroid dienone is 2. The zero-order chi connectivity index (χ0) is 13.4. The third-order valence-corrected chi connectivity index (χ3v) is 4.03. The maximum absolute atomic E-state index is 12.0. The van der Waals surface area contributed by atoms with E-state index in [1.165, 1.54) is 17.4 Å². The molecular formula is C14H9NO2S2. The third-order valence-electron chi connectivity index (χ3n) is 2.86. The van der Waals surface area contributed by atoms with Crippen molar-refractivity contribution in [3.63, 3.8) is 0 Å². The summed E-state index contributed by atoms with van der Waals surface area (Å²) in [4.78, 5) is 15.2. The Bertz CT molecular complexity index is 781. The minimum Gasteiger partial charge on any atom is -0.494 e. The van der Waals surface area contributed by atoms with E-state index in [2.05, 4.69) is 4.98 Å². The fourth-order valence-electron chi connectivity index (χ4n) is 1.99. The number of rotatable bonds is 1. The lowest BCUT2D eigenvalue weighted by Gasteiger charge is -2.12. The molecule has 1 aliphatic rings. The average molecular weight is 287 g/mol. The van der Waals surface area contributed by atoms with Gasteiger partial charge < -0.3 is 10.1 Å². The predicted molar refractivity (Wildman–Crippen MR) is 79.5 cm³/mol. The molecule has 0 aliphatic heterocycles. The van der Waals surface area contributed by atoms with Crippen LogP contribution in [-0.4, -0.2) is 15.9 Å². The molecule has 0 amide bonds. The largest absolute Gasteiger partial charge is 0.494 e. The van der Waals surface area contributed by atoms with Crippen molar-refractivity contribution in [2.75, 3.05) is 0 Å². The van der Waals surface area contributed by atoms with Crippen LogP contribution < -0.4 is 0 Å². The lowest BCUT2D eigenvalue weighted by molar-refractivity contribution is -0.109. The van der Waals surface area contributed by atoms with Gasteiger partial charge in [0.1, 0.15) is 0 Å². The minimum atomic E-state index is -0.0718. The topological polar surface area (TPSA) is 53.1 Å². The highest BCUT2D eigenvalue weighted by Gasteiger charge is 2.17. The van der Waals surface area contributed by atoms with Crippen molar-refractivity contribution in [1.82, 2.24) is 4.98 Å². The van der Waals surface area contributed by atoms with Gasteiger partial charge >= 0.3 is 0 Å². The molecule has 1 heterocycles. The summed E-state index contributed by atoms with van der Waals surface area (Å²) < 4.78 is 0.483. The molecule has 5 heteroatoms. The van der Waals surface area contributed by atoms with Gasteiger partial charge in [-0.1, -0.05) is 30.3 Å². The standard InChI is InChI=1S/C14H9NO2S2/c16-11-6-5-8-3-1-2-4-9(8)10(11)7-12-13(17)15-14(18)19-12/h1-7,17H,(H,15,18)/b10-7+. The molecule has 0 saturated carbocycles. The first-order valence-corrected chi connectivity index (χ1v) is 6.83. The number of thiazole rings is 1. The number of H-pyrrole nitrogens is 1. The highest BCUT2D eigenvalue weighted by molar-refractivity contribution is 7.73. The number of hydrogen-bond donors (Lipinski definition) is 2. The Hall–Kier alpha value is -1.98. The molecule has 3 nitrogen and oxygen atoms in total. The molecule has 0 radical (unpaired) electrons. The quantitative estimate of drug-likeness (QED) is 0.622. The number of benzene rings is 1. The van der Waals surface area contributed by atoms with Crippen molar-refractivity contribution in [2.24, 2.45) is 0 Å². The lowest BCUT2D eigenvalue weighted by atomic mass is 9.91. The first-order valence-electron chi connectivity index (χ1n) is 5.61. The van der Waals surface area contributed by atoms with E-state index >= 15 is 0 Å². The maximum atomic E-state index is 12.0. The SMILES string of the molecule is O=C1C=Cc2ccccc2/C1=C\c1sc(=S)[nH]c1O. The third kappa shape index (κ3) is 2.18. The number of fused-ring (bicyclic) bond motifs is 1. The van der Waals surface area contributed by atoms with Crippen LogP contribution in [0.4, 0.5) is 0 Å². The van der Waals surface area contributed by atoms with E-state index in [1.807, 2.05) is 24.3 Å². The second kappa shape index (κ2) is 4.60. The van der Waals surface area contributed by atoms with Crippen LogP contribution in [0.5, 0.6) is 5.88 Å². The molecular weight excluding hydrogens is 278 g/mol. The van der Waals surface area contributed by atoms with Crippen LogP contribution in [0.25, 0.3) is 17.7 Å². The second-order valence-corrected chi connectivity index (χ2v) is 5.79. The Morgan fingerprint density at radius 3 is 2.79 bits per heavy atom. The molecule has 0 spiro atoms. The number of ketones is 1. The monoisotopic (exact) mass is 287 g/mol. The zero-order valence-corrected chi connectivity index (χ0v) is 11.3. The van der Waals surface area contributed by atoms with E-state index in [1.54, 1.807) is 12.2 Å². The second-order valence-electron chi connectivity index (χ2n) is 4.07. The summed E-state index contributed by atoms with van der Waals surface area (Å²) in [6.45, 7) is 0. The van der Waals surface area contributed by atoms with Gasteiger partial charge in [-0.3, -0.25) is 4.79 Å². The van der Waals surface area contributed by atoms with Crippen LogP contribution in [0.2, 0.25) is 0 Å². The van der Waals surface area contributed by atoms with E-state index in [0.717, 1.165) is 11.1 Å². The fourth-order valence-corrected chi connectivity index (χ4v) is 3.02. The molecule has 1 aliphatic carbocycles. The van der Waals surface area contributed by atoms with Crippen molar-refractivity contribution in [2.45, 2.75) is 0 Å². The average Bonchev–Trinajstić information content (AvgIpc) is 2.71. The Balaban J connectivity index is 2.19. The van der Waals surface area contributed by atoms with E-state index < -0.39 is 0 Å². The van der Waals surface area contributed by atoms with Gasteiger partial charge in [0.25, 0.3) is 0 Å². The summed E-state index contributed by atoms with van der Waals surface area (Å²) in [5, 5.41) is 9.71. The number of aromatic amines is 1. The van der Waals surface area contributed by atoms with Crippen molar-refractivity contribution >= 4 is 47.1 Å². The molecule has 1 aromatic heterocycles. The van der Waals surface area contributed by atoms with Crippen LogP contribution in [0.1, 0.15) is 16.0 Å². The lowest BCUT2D eigenvalue weighted by Crippen LogP contribution is -2.04. The number of carbonyl (C=O) groups excluding carboxylic acids is 1. The Morgan fingerprint density at radius 2 is 2.05 bits per heavy atom. The van der Waals surface area contributed by atoms with Crippen molar-refractivity contribution in [1.29, 1.82) is 0 Å². The van der Waals surface area contributed by atoms with Crippen LogP contribution >= 0.6 is 23.6 Å². The Labute approximate surface area is 118 Å². The van der Waals surface area contributed by atoms with Gasteiger partial charge in [0.15, 0.2) is 9.74 Å². The van der Waals surface area contributed by atoms with E-state index in [4.69, 9.17) is 12.2 Å². The van der Waals surface area contributed by atoms with Crippen molar-refractivity contribution in [3.8, 4) is 5.88 Å². The predicted octanol–water partition coefficient (Wildman–Crippen LogP) is 3.65. The molecule has 2 aromatic rings. The minimum absolute atomic E-state index is 0.00216. The first-order chi connectivity index (χ1) is 9.15. The molecule has 1 aromatic carbocycles.